The first-order valence-corrected chi connectivity index (χ1v) is 6.17. The van der Waals surface area contributed by atoms with E-state index in [9.17, 15) is 0 Å². The zero-order valence-corrected chi connectivity index (χ0v) is 12.3. The Kier molecular flexibility index (Phi) is 6.46. The van der Waals surface area contributed by atoms with Crippen molar-refractivity contribution in [3.8, 4) is 0 Å². The second-order valence-electron chi connectivity index (χ2n) is 5.65. The summed E-state index contributed by atoms with van der Waals surface area (Å²) in [4.78, 5) is 0. The highest BCUT2D eigenvalue weighted by Gasteiger charge is 2.30. The van der Waals surface area contributed by atoms with Crippen LogP contribution in [-0.2, 0) is 0 Å². The van der Waals surface area contributed by atoms with Gasteiger partial charge in [-0.25, -0.2) is 0 Å². The smallest absolute Gasteiger partial charge is 0.108 e. The fraction of sp³-hybridized carbons (Fsp3) is 0.714. The number of halogens is 1. The third-order valence-electron chi connectivity index (χ3n) is 3.89. The van der Waals surface area contributed by atoms with Gasteiger partial charge in [0.25, 0.3) is 0 Å². The highest BCUT2D eigenvalue weighted by atomic mass is 35.5. The third-order valence-corrected chi connectivity index (χ3v) is 3.89. The van der Waals surface area contributed by atoms with Gasteiger partial charge in [0.05, 0.1) is 20.7 Å². The van der Waals surface area contributed by atoms with Crippen molar-refractivity contribution in [2.24, 2.45) is 5.92 Å². The molecule has 0 saturated carbocycles. The molecule has 1 aliphatic rings. The Morgan fingerprint density at radius 2 is 2.06 bits per heavy atom. The maximum absolute atomic E-state index is 9.14. The largest absolute Gasteiger partial charge is 1.00 e. The lowest BCUT2D eigenvalue weighted by Crippen LogP contribution is -3.00. The standard InChI is InChI=1S/C14H26NO.ClH/c1-11(2)13-7-6-12(3)14(10-13)15(4,5)8-9-16;/h13,16H,1,6-10H2,2-5H3;1H/q+1;/p-1/t13-;/m1./s1. The molecule has 0 heterocycles. The van der Waals surface area contributed by atoms with Gasteiger partial charge < -0.3 is 17.5 Å². The average Bonchev–Trinajstić information content (AvgIpc) is 2.17. The molecule has 1 N–H and O–H groups in total. The van der Waals surface area contributed by atoms with E-state index in [-0.39, 0.29) is 19.0 Å². The molecule has 0 bridgehead atoms. The molecular weight excluding hydrogens is 234 g/mol. The van der Waals surface area contributed by atoms with E-state index in [1.165, 1.54) is 29.7 Å². The van der Waals surface area contributed by atoms with Crippen LogP contribution in [0.4, 0.5) is 0 Å². The highest BCUT2D eigenvalue weighted by Crippen LogP contribution is 2.36. The minimum atomic E-state index is 0. The normalized spacial score (nSPS) is 21.1. The number of aliphatic hydroxyl groups excluding tert-OH is 1. The molecule has 1 atom stereocenters. The Labute approximate surface area is 112 Å². The van der Waals surface area contributed by atoms with Gasteiger partial charge in [-0.05, 0) is 38.2 Å². The molecule has 1 rings (SSSR count). The zero-order chi connectivity index (χ0) is 12.3. The maximum Gasteiger partial charge on any atom is 0.108 e. The topological polar surface area (TPSA) is 20.2 Å². The quantitative estimate of drug-likeness (QED) is 0.544. The number of aliphatic hydroxyl groups is 1. The van der Waals surface area contributed by atoms with Crippen molar-refractivity contribution in [2.45, 2.75) is 33.1 Å². The summed E-state index contributed by atoms with van der Waals surface area (Å²) < 4.78 is 0.826. The Balaban J connectivity index is 0.00000256. The Morgan fingerprint density at radius 3 is 2.53 bits per heavy atom. The molecule has 2 nitrogen and oxygen atoms in total. The van der Waals surface area contributed by atoms with Gasteiger partial charge in [0.2, 0.25) is 0 Å². The SMILES string of the molecule is C=C(C)[C@@H]1CCC(C)=C([N+](C)(C)CCO)C1.[Cl-]. The van der Waals surface area contributed by atoms with Gasteiger partial charge >= 0.3 is 0 Å². The van der Waals surface area contributed by atoms with E-state index in [4.69, 9.17) is 5.11 Å². The van der Waals surface area contributed by atoms with E-state index in [2.05, 4.69) is 34.5 Å². The predicted octanol–water partition coefficient (Wildman–Crippen LogP) is -0.291. The molecule has 0 saturated heterocycles. The third kappa shape index (κ3) is 4.13. The predicted molar refractivity (Wildman–Crippen MR) is 68.9 cm³/mol. The molecular formula is C14H26ClNO. The fourth-order valence-corrected chi connectivity index (χ4v) is 2.61. The van der Waals surface area contributed by atoms with Crippen LogP contribution in [0, 0.1) is 5.92 Å². The monoisotopic (exact) mass is 259 g/mol. The molecule has 0 aliphatic heterocycles. The fourth-order valence-electron chi connectivity index (χ4n) is 2.61. The molecule has 0 radical (unpaired) electrons. The summed E-state index contributed by atoms with van der Waals surface area (Å²) in [5.41, 5.74) is 4.30. The number of nitrogens with zero attached hydrogens (tertiary/aromatic N) is 1. The van der Waals surface area contributed by atoms with Crippen LogP contribution in [0.15, 0.2) is 23.4 Å². The molecule has 0 spiro atoms. The number of quaternary nitrogens is 1. The second kappa shape index (κ2) is 6.58. The van der Waals surface area contributed by atoms with Crippen molar-refractivity contribution >= 4 is 0 Å². The zero-order valence-electron chi connectivity index (χ0n) is 11.6. The van der Waals surface area contributed by atoms with Gasteiger partial charge in [-0.15, -0.1) is 0 Å². The number of hydrogen-bond donors (Lipinski definition) is 1. The number of hydrogen-bond acceptors (Lipinski definition) is 1. The van der Waals surface area contributed by atoms with Gasteiger partial charge in [-0.3, -0.25) is 4.48 Å². The van der Waals surface area contributed by atoms with Crippen molar-refractivity contribution in [2.75, 3.05) is 27.2 Å². The Hall–Kier alpha value is -0.310. The molecule has 0 aromatic carbocycles. The summed E-state index contributed by atoms with van der Waals surface area (Å²) in [6.45, 7) is 9.51. The highest BCUT2D eigenvalue weighted by molar-refractivity contribution is 5.15. The van der Waals surface area contributed by atoms with Crippen LogP contribution in [0.3, 0.4) is 0 Å². The summed E-state index contributed by atoms with van der Waals surface area (Å²) in [6.07, 6.45) is 3.54. The maximum atomic E-state index is 9.14. The molecule has 3 heteroatoms. The molecule has 0 aromatic heterocycles. The lowest BCUT2D eigenvalue weighted by atomic mass is 9.83. The number of allylic oxidation sites excluding steroid dienone is 3. The number of likely N-dealkylation sites (N-methyl/N-ethyl adjacent to an activating group) is 1. The molecule has 0 unspecified atom stereocenters. The lowest BCUT2D eigenvalue weighted by Gasteiger charge is -2.37. The van der Waals surface area contributed by atoms with Crippen LogP contribution in [0.25, 0.3) is 0 Å². The van der Waals surface area contributed by atoms with E-state index < -0.39 is 0 Å². The van der Waals surface area contributed by atoms with E-state index in [1.807, 2.05) is 0 Å². The van der Waals surface area contributed by atoms with Gasteiger partial charge in [0, 0.05) is 6.42 Å². The summed E-state index contributed by atoms with van der Waals surface area (Å²) in [6, 6.07) is 0. The van der Waals surface area contributed by atoms with E-state index >= 15 is 0 Å². The van der Waals surface area contributed by atoms with Crippen molar-refractivity contribution in [3.05, 3.63) is 23.4 Å². The van der Waals surface area contributed by atoms with Crippen LogP contribution in [0.1, 0.15) is 33.1 Å². The molecule has 0 fully saturated rings. The van der Waals surface area contributed by atoms with Crippen molar-refractivity contribution in [1.82, 2.24) is 0 Å². The van der Waals surface area contributed by atoms with Crippen LogP contribution in [0.2, 0.25) is 0 Å². The summed E-state index contributed by atoms with van der Waals surface area (Å²) in [5, 5.41) is 9.14. The first-order valence-electron chi connectivity index (χ1n) is 6.17. The number of rotatable bonds is 4. The minimum Gasteiger partial charge on any atom is -1.00 e. The second-order valence-corrected chi connectivity index (χ2v) is 5.65. The Morgan fingerprint density at radius 1 is 1.47 bits per heavy atom. The van der Waals surface area contributed by atoms with Crippen LogP contribution < -0.4 is 12.4 Å². The van der Waals surface area contributed by atoms with Gasteiger partial charge in [-0.2, -0.15) is 0 Å². The molecule has 0 aromatic rings. The van der Waals surface area contributed by atoms with E-state index in [1.54, 1.807) is 0 Å². The Bertz CT molecular complexity index is 307. The molecule has 0 amide bonds. The van der Waals surface area contributed by atoms with Gasteiger partial charge in [0.1, 0.15) is 12.2 Å². The van der Waals surface area contributed by atoms with Crippen LogP contribution >= 0.6 is 0 Å². The summed E-state index contributed by atoms with van der Waals surface area (Å²) in [7, 11) is 4.38. The van der Waals surface area contributed by atoms with Crippen LogP contribution in [0.5, 0.6) is 0 Å². The summed E-state index contributed by atoms with van der Waals surface area (Å²) >= 11 is 0. The van der Waals surface area contributed by atoms with Crippen molar-refractivity contribution in [1.29, 1.82) is 0 Å². The first-order chi connectivity index (χ1) is 7.38. The molecule has 17 heavy (non-hydrogen) atoms. The first kappa shape index (κ1) is 16.7. The average molecular weight is 260 g/mol. The lowest BCUT2D eigenvalue weighted by molar-refractivity contribution is -0.855. The van der Waals surface area contributed by atoms with Gasteiger partial charge in [-0.1, -0.05) is 12.2 Å². The van der Waals surface area contributed by atoms with Crippen molar-refractivity contribution < 1.29 is 22.0 Å². The van der Waals surface area contributed by atoms with Crippen molar-refractivity contribution in [3.63, 3.8) is 0 Å². The van der Waals surface area contributed by atoms with Gasteiger partial charge in [0.15, 0.2) is 0 Å². The molecule has 1 aliphatic carbocycles. The summed E-state index contributed by atoms with van der Waals surface area (Å²) in [5.74, 6) is 0.634. The molecule has 100 valence electrons. The van der Waals surface area contributed by atoms with E-state index in [0.717, 1.165) is 17.4 Å². The van der Waals surface area contributed by atoms with E-state index in [0.29, 0.717) is 5.92 Å². The van der Waals surface area contributed by atoms with Crippen LogP contribution in [-0.4, -0.2) is 36.8 Å². The minimum absolute atomic E-state index is 0.